The van der Waals surface area contributed by atoms with Crippen LogP contribution in [0.1, 0.15) is 97.2 Å². The summed E-state index contributed by atoms with van der Waals surface area (Å²) in [5.41, 5.74) is 1.23. The number of aromatic nitrogens is 3. The minimum atomic E-state index is -1.16. The first-order valence-corrected chi connectivity index (χ1v) is 26.8. The first-order valence-electron chi connectivity index (χ1n) is 26.8. The topological polar surface area (TPSA) is 261 Å². The molecular weight excluding hydrogens is 983 g/mol. The van der Waals surface area contributed by atoms with E-state index in [4.69, 9.17) is 18.9 Å². The number of benzene rings is 1. The molecule has 2 saturated heterocycles. The van der Waals surface area contributed by atoms with Crippen LogP contribution in [0.5, 0.6) is 0 Å². The van der Waals surface area contributed by atoms with Gasteiger partial charge in [0.1, 0.15) is 23.8 Å². The Morgan fingerprint density at radius 3 is 2.22 bits per heavy atom. The Bertz CT molecular complexity index is 2350. The van der Waals surface area contributed by atoms with Crippen LogP contribution in [0.3, 0.4) is 0 Å². The van der Waals surface area contributed by atoms with E-state index in [0.717, 1.165) is 23.3 Å². The predicted molar refractivity (Wildman–Crippen MR) is 275 cm³/mol. The lowest BCUT2D eigenvalue weighted by Crippen LogP contribution is -2.60. The Morgan fingerprint density at radius 2 is 1.58 bits per heavy atom. The molecule has 1 saturated carbocycles. The number of hydrogen-bond donors (Lipinski definition) is 3. The number of rotatable bonds is 30. The lowest BCUT2D eigenvalue weighted by molar-refractivity contribution is -0.149. The number of methoxy groups -OCH3 is 2. The highest BCUT2D eigenvalue weighted by molar-refractivity contribution is 6.12. The van der Waals surface area contributed by atoms with Crippen molar-refractivity contribution in [3.63, 3.8) is 0 Å². The molecule has 7 unspecified atom stereocenters. The van der Waals surface area contributed by atoms with Gasteiger partial charge in [0.2, 0.25) is 29.5 Å². The van der Waals surface area contributed by atoms with Gasteiger partial charge in [0, 0.05) is 52.4 Å². The number of likely N-dealkylation sites (N-methyl/N-ethyl adjacent to an activating group) is 1. The third-order valence-electron chi connectivity index (χ3n) is 15.6. The number of imide groups is 1. The predicted octanol–water partition coefficient (Wildman–Crippen LogP) is 2.38. The summed E-state index contributed by atoms with van der Waals surface area (Å²) in [7, 11) is 4.67. The Labute approximate surface area is 445 Å². The van der Waals surface area contributed by atoms with E-state index in [9.17, 15) is 43.5 Å². The number of amides is 7. The van der Waals surface area contributed by atoms with Gasteiger partial charge in [0.15, 0.2) is 0 Å². The fourth-order valence-corrected chi connectivity index (χ4v) is 11.4. The highest BCUT2D eigenvalue weighted by Gasteiger charge is 2.52. The normalized spacial score (nSPS) is 21.9. The van der Waals surface area contributed by atoms with Crippen LogP contribution in [0, 0.1) is 23.7 Å². The first kappa shape index (κ1) is 59.1. The van der Waals surface area contributed by atoms with Crippen LogP contribution >= 0.6 is 0 Å². The number of carbonyl (C=O) groups excluding carboxylic acids is 7. The highest BCUT2D eigenvalue weighted by Crippen LogP contribution is 2.43. The zero-order valence-corrected chi connectivity index (χ0v) is 45.3. The molecule has 3 N–H and O–H groups in total. The summed E-state index contributed by atoms with van der Waals surface area (Å²) in [6.07, 6.45) is 6.85. The number of nitrogens with one attached hydrogen (secondary N) is 2. The van der Waals surface area contributed by atoms with Gasteiger partial charge in [-0.05, 0) is 55.4 Å². The number of ether oxygens (including phenoxy) is 4. The number of carboxylic acid groups (broad SMARTS) is 1. The Morgan fingerprint density at radius 1 is 0.882 bits per heavy atom. The van der Waals surface area contributed by atoms with Crippen LogP contribution in [0.25, 0.3) is 0 Å². The van der Waals surface area contributed by atoms with Gasteiger partial charge >= 0.3 is 5.97 Å². The Kier molecular flexibility index (Phi) is 21.6. The van der Waals surface area contributed by atoms with Crippen LogP contribution in [0.2, 0.25) is 0 Å². The molecule has 0 radical (unpaired) electrons. The van der Waals surface area contributed by atoms with Crippen LogP contribution in [0.4, 0.5) is 0 Å². The van der Waals surface area contributed by atoms with Gasteiger partial charge in [-0.15, -0.1) is 5.10 Å². The van der Waals surface area contributed by atoms with E-state index in [2.05, 4.69) is 20.9 Å². The van der Waals surface area contributed by atoms with E-state index in [1.165, 1.54) is 26.4 Å². The summed E-state index contributed by atoms with van der Waals surface area (Å²) < 4.78 is 25.0. The zero-order valence-electron chi connectivity index (χ0n) is 45.3. The average Bonchev–Trinajstić information content (AvgIpc) is 4.28. The van der Waals surface area contributed by atoms with Crippen LogP contribution in [-0.4, -0.2) is 190 Å². The van der Waals surface area contributed by atoms with E-state index in [1.807, 2.05) is 33.8 Å². The second-order valence-electron chi connectivity index (χ2n) is 20.9. The van der Waals surface area contributed by atoms with Crippen molar-refractivity contribution in [1.82, 2.24) is 45.2 Å². The molecular formula is C54H79N9O13. The van der Waals surface area contributed by atoms with E-state index in [-0.39, 0.29) is 93.1 Å². The van der Waals surface area contributed by atoms with Crippen molar-refractivity contribution < 1.29 is 62.4 Å². The molecule has 3 fully saturated rings. The van der Waals surface area contributed by atoms with Gasteiger partial charge < -0.3 is 49.4 Å². The fourth-order valence-electron chi connectivity index (χ4n) is 11.4. The van der Waals surface area contributed by atoms with Crippen molar-refractivity contribution in [3.05, 3.63) is 59.9 Å². The number of nitrogens with zero attached hydrogens (tertiary/aromatic N) is 7. The molecule has 7 amide bonds. The van der Waals surface area contributed by atoms with Gasteiger partial charge in [0.25, 0.3) is 11.8 Å². The van der Waals surface area contributed by atoms with Crippen molar-refractivity contribution >= 4 is 47.3 Å². The molecule has 4 aliphatic rings. The SMILES string of the molecule is CCC(C)C(C(CC(=O)N1CCC[C@H]1C(OC)C(C)C(=O)NC(Cc1ccccc1)C(=O)O)OC)N(C)C(=O)C(NC(=O)[C@@H]1[C@H]2CC[C@H](C2)N1C(=O)CCOCCOCCn1cc(CN2C(=O)C=CC2=O)nn1)C(C)C. The number of carbonyl (C=O) groups is 8. The molecule has 76 heavy (non-hydrogen) atoms. The largest absolute Gasteiger partial charge is 0.480 e. The van der Waals surface area contributed by atoms with Crippen molar-refractivity contribution in [2.75, 3.05) is 54.2 Å². The standard InChI is InChI=1S/C54H79N9O13/c1-9-34(4)48(42(73-7)30-46(67)61-22-13-16-41(61)50(74-8)35(5)51(68)55-40(54(71)72)28-36-14-11-10-12-15-36)59(6)53(70)47(33(2)3)56-52(69)49-37-17-18-39(29-37)63(49)45(66)21-24-75-26-27-76-25-23-60-31-38(57-58-60)32-62-43(64)19-20-44(62)65/h10-12,14-15,19-20,31,33-35,37,39-42,47-50H,9,13,16-18,21-30,32H2,1-8H3,(H,55,68)(H,56,69)(H,71,72)/t34?,35?,37-,39+,40?,41-,42?,47?,48?,49-,50?/m0/s1. The van der Waals surface area contributed by atoms with E-state index < -0.39 is 72.0 Å². The second-order valence-corrected chi connectivity index (χ2v) is 20.9. The minimum absolute atomic E-state index is 0.0304. The third kappa shape index (κ3) is 14.7. The van der Waals surface area contributed by atoms with E-state index in [0.29, 0.717) is 51.1 Å². The third-order valence-corrected chi connectivity index (χ3v) is 15.6. The van der Waals surface area contributed by atoms with Crippen molar-refractivity contribution in [1.29, 1.82) is 0 Å². The van der Waals surface area contributed by atoms with Gasteiger partial charge in [-0.2, -0.15) is 0 Å². The lowest BCUT2D eigenvalue weighted by atomic mass is 9.89. The van der Waals surface area contributed by atoms with Gasteiger partial charge in [0.05, 0.1) is 88.8 Å². The number of aliphatic carboxylic acids is 1. The molecule has 2 bridgehead atoms. The molecule has 1 aliphatic carbocycles. The lowest BCUT2D eigenvalue weighted by Gasteiger charge is -2.41. The summed E-state index contributed by atoms with van der Waals surface area (Å²) in [5.74, 6) is -4.92. The molecule has 4 heterocycles. The molecule has 0 spiro atoms. The summed E-state index contributed by atoms with van der Waals surface area (Å²) in [6, 6.07) is 5.05. The second kappa shape index (κ2) is 27.8. The van der Waals surface area contributed by atoms with Crippen LogP contribution in [0.15, 0.2) is 48.7 Å². The van der Waals surface area contributed by atoms with E-state index >= 15 is 0 Å². The quantitative estimate of drug-likeness (QED) is 0.0750. The summed E-state index contributed by atoms with van der Waals surface area (Å²) in [5, 5.41) is 23.8. The van der Waals surface area contributed by atoms with Crippen molar-refractivity contribution in [2.24, 2.45) is 23.7 Å². The number of carboxylic acids is 1. The molecule has 22 nitrogen and oxygen atoms in total. The molecule has 11 atom stereocenters. The van der Waals surface area contributed by atoms with Gasteiger partial charge in [-0.3, -0.25) is 38.5 Å². The van der Waals surface area contributed by atoms with E-state index in [1.54, 1.807) is 63.8 Å². The molecule has 3 aliphatic heterocycles. The molecule has 418 valence electrons. The summed E-state index contributed by atoms with van der Waals surface area (Å²) in [4.78, 5) is 113. The minimum Gasteiger partial charge on any atom is -0.480 e. The van der Waals surface area contributed by atoms with Crippen LogP contribution < -0.4 is 10.6 Å². The first-order chi connectivity index (χ1) is 36.4. The number of hydrogen-bond acceptors (Lipinski definition) is 14. The molecule has 22 heteroatoms. The molecule has 6 rings (SSSR count). The fraction of sp³-hybridized carbons (Fsp3) is 0.667. The van der Waals surface area contributed by atoms with Gasteiger partial charge in [-0.1, -0.05) is 76.6 Å². The Hall–Kier alpha value is -6.10. The Balaban J connectivity index is 1.00. The summed E-state index contributed by atoms with van der Waals surface area (Å²) in [6.45, 7) is 11.1. The zero-order chi connectivity index (χ0) is 55.2. The van der Waals surface area contributed by atoms with Crippen molar-refractivity contribution in [2.45, 2.75) is 154 Å². The number of likely N-dealkylation sites (tertiary alicyclic amines) is 2. The smallest absolute Gasteiger partial charge is 0.326 e. The average molecular weight is 1060 g/mol. The van der Waals surface area contributed by atoms with Crippen molar-refractivity contribution in [3.8, 4) is 0 Å². The monoisotopic (exact) mass is 1060 g/mol. The number of piperidine rings is 1. The molecule has 1 aromatic heterocycles. The molecule has 1 aromatic carbocycles. The maximum Gasteiger partial charge on any atom is 0.326 e. The number of fused-ring (bicyclic) bond motifs is 2. The van der Waals surface area contributed by atoms with Crippen LogP contribution in [-0.2, 0) is 76.8 Å². The maximum absolute atomic E-state index is 14.7. The van der Waals surface area contributed by atoms with Gasteiger partial charge in [-0.25, -0.2) is 9.48 Å². The highest BCUT2D eigenvalue weighted by atomic mass is 16.5. The summed E-state index contributed by atoms with van der Waals surface area (Å²) >= 11 is 0. The molecule has 2 aromatic rings. The maximum atomic E-state index is 14.7.